The molecule has 0 amide bonds. The second kappa shape index (κ2) is 12.1. The number of para-hydroxylation sites is 4. The zero-order valence-corrected chi connectivity index (χ0v) is 29.3. The first kappa shape index (κ1) is 30.3. The van der Waals surface area contributed by atoms with Crippen molar-refractivity contribution in [3.63, 3.8) is 0 Å². The maximum atomic E-state index is 5.52. The molecular weight excluding hydrogens is 657 g/mol. The Labute approximate surface area is 311 Å². The highest BCUT2D eigenvalue weighted by Crippen LogP contribution is 2.41. The highest BCUT2D eigenvalue weighted by Gasteiger charge is 2.20. The average molecular weight is 689 g/mol. The third kappa shape index (κ3) is 4.70. The fourth-order valence-electron chi connectivity index (χ4n) is 8.23. The SMILES string of the molecule is c1ccc(-c2nc3c(ccc4c5ccc(-c6ccc(-c7nc8ccccc8n7-c7ccccc7)cc6)cc5n(-c5ccccc5)c43)c3ccccc23)cc1. The Morgan fingerprint density at radius 1 is 0.333 bits per heavy atom. The lowest BCUT2D eigenvalue weighted by Crippen LogP contribution is -1.97. The number of fused-ring (bicyclic) bond motifs is 8. The molecule has 0 aliphatic heterocycles. The van der Waals surface area contributed by atoms with Crippen molar-refractivity contribution >= 4 is 54.5 Å². The first-order valence-electron chi connectivity index (χ1n) is 18.3. The van der Waals surface area contributed by atoms with E-state index in [-0.39, 0.29) is 0 Å². The fraction of sp³-hybridized carbons (Fsp3) is 0. The van der Waals surface area contributed by atoms with Gasteiger partial charge < -0.3 is 4.57 Å². The van der Waals surface area contributed by atoms with Gasteiger partial charge in [0.1, 0.15) is 5.82 Å². The van der Waals surface area contributed by atoms with E-state index >= 15 is 0 Å². The van der Waals surface area contributed by atoms with Crippen LogP contribution < -0.4 is 0 Å². The van der Waals surface area contributed by atoms with Gasteiger partial charge in [0.2, 0.25) is 0 Å². The molecule has 0 aliphatic carbocycles. The first-order chi connectivity index (χ1) is 26.8. The Bertz CT molecular complexity index is 3180. The van der Waals surface area contributed by atoms with Crippen molar-refractivity contribution in [3.05, 3.63) is 194 Å². The number of benzene rings is 8. The van der Waals surface area contributed by atoms with E-state index < -0.39 is 0 Å². The molecule has 0 unspecified atom stereocenters. The molecule has 0 N–H and O–H groups in total. The van der Waals surface area contributed by atoms with Crippen LogP contribution in [-0.2, 0) is 0 Å². The standard InChI is InChI=1S/C50H32N4/c1-4-14-34(15-5-1)47-41-21-11-10-20-39(41)42-30-31-43-40-29-28-36(32-46(40)53(49(43)48(42)52-47)37-16-6-2-7-17-37)33-24-26-35(27-25-33)50-51-44-22-12-13-23-45(44)54(50)38-18-8-3-9-19-38/h1-32H. The zero-order chi connectivity index (χ0) is 35.6. The van der Waals surface area contributed by atoms with Crippen LogP contribution >= 0.6 is 0 Å². The van der Waals surface area contributed by atoms with Gasteiger partial charge >= 0.3 is 0 Å². The average Bonchev–Trinajstić information content (AvgIpc) is 3.81. The van der Waals surface area contributed by atoms with Gasteiger partial charge in [-0.2, -0.15) is 0 Å². The van der Waals surface area contributed by atoms with Crippen LogP contribution in [0.4, 0.5) is 0 Å². The van der Waals surface area contributed by atoms with Crippen molar-refractivity contribution in [3.8, 4) is 45.1 Å². The predicted molar refractivity (Wildman–Crippen MR) is 225 cm³/mol. The summed E-state index contributed by atoms with van der Waals surface area (Å²) in [6, 6.07) is 68.9. The number of hydrogen-bond acceptors (Lipinski definition) is 2. The summed E-state index contributed by atoms with van der Waals surface area (Å²) in [6.07, 6.45) is 0. The van der Waals surface area contributed by atoms with E-state index in [1.165, 1.54) is 16.2 Å². The molecule has 4 nitrogen and oxygen atoms in total. The Balaban J connectivity index is 1.12. The second-order valence-electron chi connectivity index (χ2n) is 13.8. The van der Waals surface area contributed by atoms with Crippen LogP contribution in [0.1, 0.15) is 0 Å². The molecule has 0 spiro atoms. The van der Waals surface area contributed by atoms with Crippen LogP contribution in [-0.4, -0.2) is 19.1 Å². The molecule has 0 saturated heterocycles. The normalized spacial score (nSPS) is 11.7. The number of pyridine rings is 1. The number of aromatic nitrogens is 4. The molecule has 54 heavy (non-hydrogen) atoms. The van der Waals surface area contributed by atoms with E-state index in [9.17, 15) is 0 Å². The molecule has 11 aromatic rings. The molecular formula is C50H32N4. The number of hydrogen-bond donors (Lipinski definition) is 0. The molecule has 0 fully saturated rings. The monoisotopic (exact) mass is 688 g/mol. The third-order valence-corrected chi connectivity index (χ3v) is 10.7. The van der Waals surface area contributed by atoms with Crippen molar-refractivity contribution in [2.75, 3.05) is 0 Å². The largest absolute Gasteiger partial charge is 0.307 e. The summed E-state index contributed by atoms with van der Waals surface area (Å²) >= 11 is 0. The molecule has 0 aliphatic rings. The fourth-order valence-corrected chi connectivity index (χ4v) is 8.23. The van der Waals surface area contributed by atoms with Gasteiger partial charge in [-0.3, -0.25) is 4.57 Å². The lowest BCUT2D eigenvalue weighted by atomic mass is 9.98. The Morgan fingerprint density at radius 3 is 1.67 bits per heavy atom. The molecule has 4 heteroatoms. The van der Waals surface area contributed by atoms with Gasteiger partial charge in [-0.25, -0.2) is 9.97 Å². The summed E-state index contributed by atoms with van der Waals surface area (Å²) in [5, 5.41) is 5.89. The molecule has 252 valence electrons. The van der Waals surface area contributed by atoms with Crippen molar-refractivity contribution in [1.29, 1.82) is 0 Å². The van der Waals surface area contributed by atoms with E-state index in [2.05, 4.69) is 191 Å². The molecule has 0 atom stereocenters. The van der Waals surface area contributed by atoms with Crippen molar-refractivity contribution in [2.45, 2.75) is 0 Å². The molecule has 8 aromatic carbocycles. The van der Waals surface area contributed by atoms with Crippen LogP contribution in [0.3, 0.4) is 0 Å². The van der Waals surface area contributed by atoms with Crippen LogP contribution in [0.15, 0.2) is 194 Å². The van der Waals surface area contributed by atoms with Gasteiger partial charge in [0.15, 0.2) is 0 Å². The van der Waals surface area contributed by atoms with Crippen molar-refractivity contribution in [2.24, 2.45) is 0 Å². The summed E-state index contributed by atoms with van der Waals surface area (Å²) < 4.78 is 4.66. The third-order valence-electron chi connectivity index (χ3n) is 10.7. The van der Waals surface area contributed by atoms with Crippen molar-refractivity contribution < 1.29 is 0 Å². The minimum atomic E-state index is 0.926. The smallest absolute Gasteiger partial charge is 0.145 e. The number of nitrogens with zero attached hydrogens (tertiary/aromatic N) is 4. The Morgan fingerprint density at radius 2 is 0.907 bits per heavy atom. The van der Waals surface area contributed by atoms with Crippen molar-refractivity contribution in [1.82, 2.24) is 19.1 Å². The van der Waals surface area contributed by atoms with Gasteiger partial charge in [0.25, 0.3) is 0 Å². The topological polar surface area (TPSA) is 35.6 Å². The van der Waals surface area contributed by atoms with Crippen LogP contribution in [0.25, 0.3) is 99.7 Å². The minimum absolute atomic E-state index is 0.926. The van der Waals surface area contributed by atoms with Gasteiger partial charge in [0.05, 0.1) is 33.3 Å². The van der Waals surface area contributed by atoms with Crippen LogP contribution in [0, 0.1) is 0 Å². The van der Waals surface area contributed by atoms with Gasteiger partial charge in [-0.15, -0.1) is 0 Å². The molecule has 11 rings (SSSR count). The summed E-state index contributed by atoms with van der Waals surface area (Å²) in [4.78, 5) is 10.6. The Hall–Kier alpha value is -7.30. The van der Waals surface area contributed by atoms with Gasteiger partial charge in [0, 0.05) is 44.0 Å². The summed E-state index contributed by atoms with van der Waals surface area (Å²) in [6.45, 7) is 0. The summed E-state index contributed by atoms with van der Waals surface area (Å²) in [5.74, 6) is 0.926. The zero-order valence-electron chi connectivity index (χ0n) is 29.3. The number of rotatable bonds is 5. The highest BCUT2D eigenvalue weighted by atomic mass is 15.1. The van der Waals surface area contributed by atoms with E-state index in [1.54, 1.807) is 0 Å². The summed E-state index contributed by atoms with van der Waals surface area (Å²) in [5.41, 5.74) is 13.0. The lowest BCUT2D eigenvalue weighted by molar-refractivity contribution is 1.10. The second-order valence-corrected chi connectivity index (χ2v) is 13.8. The highest BCUT2D eigenvalue weighted by molar-refractivity contribution is 6.23. The molecule has 0 saturated carbocycles. The number of imidazole rings is 1. The quantitative estimate of drug-likeness (QED) is 0.169. The maximum Gasteiger partial charge on any atom is 0.145 e. The van der Waals surface area contributed by atoms with Gasteiger partial charge in [-0.1, -0.05) is 152 Å². The molecule has 3 aromatic heterocycles. The minimum Gasteiger partial charge on any atom is -0.307 e. The molecule has 3 heterocycles. The van der Waals surface area contributed by atoms with Crippen LogP contribution in [0.5, 0.6) is 0 Å². The maximum absolute atomic E-state index is 5.52. The Kier molecular flexibility index (Phi) is 6.82. The van der Waals surface area contributed by atoms with Gasteiger partial charge in [-0.05, 0) is 59.0 Å². The van der Waals surface area contributed by atoms with E-state index in [0.717, 1.165) is 83.5 Å². The molecule has 0 bridgehead atoms. The molecule has 0 radical (unpaired) electrons. The summed E-state index contributed by atoms with van der Waals surface area (Å²) in [7, 11) is 0. The van der Waals surface area contributed by atoms with E-state index in [4.69, 9.17) is 9.97 Å². The predicted octanol–water partition coefficient (Wildman–Crippen LogP) is 12.8. The van der Waals surface area contributed by atoms with E-state index in [1.807, 2.05) is 12.1 Å². The van der Waals surface area contributed by atoms with Crippen LogP contribution in [0.2, 0.25) is 0 Å². The van der Waals surface area contributed by atoms with E-state index in [0.29, 0.717) is 0 Å². The first-order valence-corrected chi connectivity index (χ1v) is 18.3. The lowest BCUT2D eigenvalue weighted by Gasteiger charge is -2.13.